The SMILES string of the molecule is CN(C)CCN=Cc1ccc2c(-c3ccccc3)nc3cc(Cl)c(Cl)cc3n12. The zero-order valence-corrected chi connectivity index (χ0v) is 17.2. The molecular weight excluding hydrogens is 391 g/mol. The first-order valence-electron chi connectivity index (χ1n) is 9.05. The van der Waals surface area contributed by atoms with Crippen molar-refractivity contribution in [3.8, 4) is 11.3 Å². The molecule has 28 heavy (non-hydrogen) atoms. The molecule has 0 atom stereocenters. The molecule has 0 bridgehead atoms. The van der Waals surface area contributed by atoms with Crippen molar-refractivity contribution >= 4 is 46.0 Å². The summed E-state index contributed by atoms with van der Waals surface area (Å²) in [5.74, 6) is 0. The van der Waals surface area contributed by atoms with E-state index in [2.05, 4.69) is 38.6 Å². The second kappa shape index (κ2) is 7.92. The molecule has 4 rings (SSSR count). The molecule has 4 nitrogen and oxygen atoms in total. The van der Waals surface area contributed by atoms with E-state index in [0.717, 1.165) is 46.6 Å². The maximum absolute atomic E-state index is 6.31. The Kier molecular flexibility index (Phi) is 5.36. The van der Waals surface area contributed by atoms with Gasteiger partial charge in [-0.25, -0.2) is 4.98 Å². The molecule has 0 N–H and O–H groups in total. The molecule has 2 heterocycles. The lowest BCUT2D eigenvalue weighted by Crippen LogP contribution is -2.15. The molecule has 2 aromatic heterocycles. The molecule has 4 aromatic rings. The third kappa shape index (κ3) is 3.63. The van der Waals surface area contributed by atoms with Crippen LogP contribution in [0, 0.1) is 0 Å². The summed E-state index contributed by atoms with van der Waals surface area (Å²) in [7, 11) is 4.08. The number of likely N-dealkylation sites (N-methyl/N-ethyl adjacent to an activating group) is 1. The molecule has 0 fully saturated rings. The van der Waals surface area contributed by atoms with Gasteiger partial charge in [0, 0.05) is 18.3 Å². The summed E-state index contributed by atoms with van der Waals surface area (Å²) in [6.07, 6.45) is 1.91. The van der Waals surface area contributed by atoms with Crippen LogP contribution in [0.15, 0.2) is 59.6 Å². The molecule has 142 valence electrons. The first-order valence-corrected chi connectivity index (χ1v) is 9.80. The van der Waals surface area contributed by atoms with Crippen molar-refractivity contribution in [1.29, 1.82) is 0 Å². The van der Waals surface area contributed by atoms with Crippen LogP contribution in [-0.2, 0) is 0 Å². The van der Waals surface area contributed by atoms with Gasteiger partial charge in [0.2, 0.25) is 0 Å². The first-order chi connectivity index (χ1) is 13.5. The third-order valence-electron chi connectivity index (χ3n) is 4.59. The van der Waals surface area contributed by atoms with E-state index in [9.17, 15) is 0 Å². The van der Waals surface area contributed by atoms with Gasteiger partial charge in [-0.2, -0.15) is 0 Å². The van der Waals surface area contributed by atoms with E-state index in [0.29, 0.717) is 10.0 Å². The van der Waals surface area contributed by atoms with Crippen LogP contribution in [0.25, 0.3) is 27.8 Å². The van der Waals surface area contributed by atoms with Gasteiger partial charge in [-0.05, 0) is 38.4 Å². The van der Waals surface area contributed by atoms with Crippen molar-refractivity contribution < 1.29 is 0 Å². The molecule has 0 spiro atoms. The van der Waals surface area contributed by atoms with E-state index in [1.165, 1.54) is 0 Å². The Bertz CT molecular complexity index is 1160. The Morgan fingerprint density at radius 1 is 1.00 bits per heavy atom. The molecule has 0 aliphatic rings. The van der Waals surface area contributed by atoms with Gasteiger partial charge in [0.15, 0.2) is 0 Å². The Labute approximate surface area is 174 Å². The maximum Gasteiger partial charge on any atom is 0.0950 e. The second-order valence-corrected chi connectivity index (χ2v) is 7.71. The number of aromatic nitrogens is 2. The zero-order chi connectivity index (χ0) is 19.7. The Hall–Kier alpha value is -2.40. The van der Waals surface area contributed by atoms with E-state index in [1.54, 1.807) is 0 Å². The predicted molar refractivity (Wildman–Crippen MR) is 119 cm³/mol. The number of aliphatic imine (C=N–C) groups is 1. The minimum Gasteiger partial charge on any atom is -0.308 e. The molecule has 0 amide bonds. The molecule has 2 aromatic carbocycles. The van der Waals surface area contributed by atoms with Crippen LogP contribution in [0.5, 0.6) is 0 Å². The number of fused-ring (bicyclic) bond motifs is 3. The molecule has 0 aliphatic heterocycles. The summed E-state index contributed by atoms with van der Waals surface area (Å²) in [5, 5.41) is 1.00. The fraction of sp³-hybridized carbons (Fsp3) is 0.182. The van der Waals surface area contributed by atoms with Gasteiger partial charge in [0.25, 0.3) is 0 Å². The van der Waals surface area contributed by atoms with E-state index >= 15 is 0 Å². The number of rotatable bonds is 5. The summed E-state index contributed by atoms with van der Waals surface area (Å²) in [5.41, 5.74) is 5.64. The number of halogens is 2. The zero-order valence-electron chi connectivity index (χ0n) is 15.7. The van der Waals surface area contributed by atoms with Crippen LogP contribution in [0.1, 0.15) is 5.69 Å². The highest BCUT2D eigenvalue weighted by molar-refractivity contribution is 6.42. The van der Waals surface area contributed by atoms with Gasteiger partial charge >= 0.3 is 0 Å². The number of hydrogen-bond donors (Lipinski definition) is 0. The predicted octanol–water partition coefficient (Wildman–Crippen LogP) is 5.44. The summed E-state index contributed by atoms with van der Waals surface area (Å²) >= 11 is 12.6. The minimum absolute atomic E-state index is 0.494. The molecule has 0 saturated heterocycles. The number of hydrogen-bond acceptors (Lipinski definition) is 3. The van der Waals surface area contributed by atoms with Gasteiger partial charge in [0.1, 0.15) is 0 Å². The molecule has 6 heteroatoms. The molecular formula is C22H20Cl2N4. The van der Waals surface area contributed by atoms with Crippen LogP contribution in [-0.4, -0.2) is 47.7 Å². The highest BCUT2D eigenvalue weighted by atomic mass is 35.5. The lowest BCUT2D eigenvalue weighted by Gasteiger charge is -2.11. The van der Waals surface area contributed by atoms with Gasteiger partial charge < -0.3 is 9.30 Å². The Balaban J connectivity index is 1.95. The summed E-state index contributed by atoms with van der Waals surface area (Å²) < 4.78 is 2.14. The van der Waals surface area contributed by atoms with Crippen molar-refractivity contribution in [2.75, 3.05) is 27.2 Å². The van der Waals surface area contributed by atoms with Gasteiger partial charge in [-0.15, -0.1) is 0 Å². The van der Waals surface area contributed by atoms with Crippen LogP contribution in [0.3, 0.4) is 0 Å². The first kappa shape index (κ1) is 18.9. The normalized spacial score (nSPS) is 12.0. The van der Waals surface area contributed by atoms with E-state index in [-0.39, 0.29) is 0 Å². The monoisotopic (exact) mass is 410 g/mol. The third-order valence-corrected chi connectivity index (χ3v) is 5.31. The highest BCUT2D eigenvalue weighted by Gasteiger charge is 2.14. The Morgan fingerprint density at radius 3 is 2.50 bits per heavy atom. The minimum atomic E-state index is 0.494. The topological polar surface area (TPSA) is 32.9 Å². The average molecular weight is 411 g/mol. The molecule has 0 saturated carbocycles. The van der Waals surface area contributed by atoms with E-state index < -0.39 is 0 Å². The van der Waals surface area contributed by atoms with Crippen molar-refractivity contribution in [3.63, 3.8) is 0 Å². The van der Waals surface area contributed by atoms with Gasteiger partial charge in [0.05, 0.1) is 44.5 Å². The van der Waals surface area contributed by atoms with Gasteiger partial charge in [-0.1, -0.05) is 53.5 Å². The standard InChI is InChI=1S/C22H20Cl2N4/c1-27(2)11-10-25-14-16-8-9-20-22(15-6-4-3-5-7-15)26-19-12-17(23)18(24)13-21(19)28(16)20/h3-9,12-14H,10-11H2,1-2H3. The summed E-state index contributed by atoms with van der Waals surface area (Å²) in [6.45, 7) is 1.64. The number of benzene rings is 2. The lowest BCUT2D eigenvalue weighted by atomic mass is 10.1. The molecule has 0 aliphatic carbocycles. The van der Waals surface area contributed by atoms with E-state index in [4.69, 9.17) is 28.2 Å². The largest absolute Gasteiger partial charge is 0.308 e. The van der Waals surface area contributed by atoms with Crippen molar-refractivity contribution in [1.82, 2.24) is 14.3 Å². The average Bonchev–Trinajstić information content (AvgIpc) is 3.10. The second-order valence-electron chi connectivity index (χ2n) is 6.90. The Morgan fingerprint density at radius 2 is 1.75 bits per heavy atom. The van der Waals surface area contributed by atoms with E-state index in [1.807, 2.05) is 50.6 Å². The van der Waals surface area contributed by atoms with Crippen LogP contribution < -0.4 is 0 Å². The summed E-state index contributed by atoms with van der Waals surface area (Å²) in [6, 6.07) is 18.0. The molecule has 0 unspecified atom stereocenters. The lowest BCUT2D eigenvalue weighted by molar-refractivity contribution is 0.421. The van der Waals surface area contributed by atoms with Crippen LogP contribution >= 0.6 is 23.2 Å². The maximum atomic E-state index is 6.31. The fourth-order valence-corrected chi connectivity index (χ4v) is 3.52. The van der Waals surface area contributed by atoms with Gasteiger partial charge in [-0.3, -0.25) is 4.99 Å². The summed E-state index contributed by atoms with van der Waals surface area (Å²) in [4.78, 5) is 11.6. The number of nitrogens with zero attached hydrogens (tertiary/aromatic N) is 4. The quantitative estimate of drug-likeness (QED) is 0.410. The molecule has 0 radical (unpaired) electrons. The highest BCUT2D eigenvalue weighted by Crippen LogP contribution is 2.32. The van der Waals surface area contributed by atoms with Crippen molar-refractivity contribution in [2.45, 2.75) is 0 Å². The van der Waals surface area contributed by atoms with Crippen LogP contribution in [0.4, 0.5) is 0 Å². The van der Waals surface area contributed by atoms with Crippen molar-refractivity contribution in [2.24, 2.45) is 4.99 Å². The fourth-order valence-electron chi connectivity index (χ4n) is 3.20. The smallest absolute Gasteiger partial charge is 0.0950 e. The van der Waals surface area contributed by atoms with Crippen molar-refractivity contribution in [3.05, 3.63) is 70.3 Å². The van der Waals surface area contributed by atoms with Crippen LogP contribution in [0.2, 0.25) is 10.0 Å².